The van der Waals surface area contributed by atoms with E-state index in [1.807, 2.05) is 24.3 Å². The molecule has 0 bridgehead atoms. The van der Waals surface area contributed by atoms with Crippen molar-refractivity contribution in [2.24, 2.45) is 5.92 Å². The fourth-order valence-electron chi connectivity index (χ4n) is 3.30. The fraction of sp³-hybridized carbons (Fsp3) is 0.533. The highest BCUT2D eigenvalue weighted by atomic mass is 127. The standard InChI is InChI=1S/C15H20IN3O/c16-12-5-1-2-6-13(12)18-15(20)10-19-7-3-4-11-8-17-9-14(11)19/h1-2,5-6,11,14,17H,3-4,7-10H2,(H,18,20). The molecule has 3 rings (SSSR count). The van der Waals surface area contributed by atoms with Gasteiger partial charge in [0.15, 0.2) is 0 Å². The largest absolute Gasteiger partial charge is 0.324 e. The van der Waals surface area contributed by atoms with Gasteiger partial charge in [-0.15, -0.1) is 0 Å². The van der Waals surface area contributed by atoms with Gasteiger partial charge < -0.3 is 10.6 Å². The summed E-state index contributed by atoms with van der Waals surface area (Å²) in [7, 11) is 0. The lowest BCUT2D eigenvalue weighted by atomic mass is 9.92. The summed E-state index contributed by atoms with van der Waals surface area (Å²) in [6.07, 6.45) is 2.51. The van der Waals surface area contributed by atoms with Gasteiger partial charge in [0.1, 0.15) is 0 Å². The number of piperidine rings is 1. The number of nitrogens with one attached hydrogen (secondary N) is 2. The molecule has 0 spiro atoms. The van der Waals surface area contributed by atoms with Crippen LogP contribution in [-0.2, 0) is 4.79 Å². The molecule has 0 saturated carbocycles. The first-order chi connectivity index (χ1) is 9.74. The molecule has 2 aliphatic heterocycles. The van der Waals surface area contributed by atoms with Crippen molar-refractivity contribution >= 4 is 34.2 Å². The van der Waals surface area contributed by atoms with Gasteiger partial charge >= 0.3 is 0 Å². The molecule has 0 aromatic heterocycles. The lowest BCUT2D eigenvalue weighted by Gasteiger charge is -2.36. The topological polar surface area (TPSA) is 44.4 Å². The van der Waals surface area contributed by atoms with E-state index < -0.39 is 0 Å². The molecule has 0 radical (unpaired) electrons. The van der Waals surface area contributed by atoms with E-state index in [-0.39, 0.29) is 5.91 Å². The van der Waals surface area contributed by atoms with Gasteiger partial charge in [-0.2, -0.15) is 0 Å². The van der Waals surface area contributed by atoms with E-state index in [2.05, 4.69) is 38.1 Å². The molecule has 2 heterocycles. The Kier molecular flexibility index (Phi) is 4.58. The summed E-state index contributed by atoms with van der Waals surface area (Å²) in [4.78, 5) is 14.6. The summed E-state index contributed by atoms with van der Waals surface area (Å²) in [6, 6.07) is 8.44. The van der Waals surface area contributed by atoms with Crippen LogP contribution in [0.2, 0.25) is 0 Å². The predicted molar refractivity (Wildman–Crippen MR) is 88.7 cm³/mol. The van der Waals surface area contributed by atoms with Crippen LogP contribution in [0, 0.1) is 9.49 Å². The second-order valence-corrected chi connectivity index (χ2v) is 6.79. The number of hydrogen-bond donors (Lipinski definition) is 2. The monoisotopic (exact) mass is 385 g/mol. The maximum absolute atomic E-state index is 12.2. The minimum absolute atomic E-state index is 0.0988. The van der Waals surface area contributed by atoms with Gasteiger partial charge in [0, 0.05) is 16.2 Å². The number of rotatable bonds is 3. The molecule has 108 valence electrons. The number of carbonyl (C=O) groups excluding carboxylic acids is 1. The van der Waals surface area contributed by atoms with Crippen LogP contribution in [0.1, 0.15) is 12.8 Å². The van der Waals surface area contributed by atoms with Crippen molar-refractivity contribution in [1.82, 2.24) is 10.2 Å². The molecule has 1 aromatic carbocycles. The Labute approximate surface area is 133 Å². The quantitative estimate of drug-likeness (QED) is 0.782. The van der Waals surface area contributed by atoms with Gasteiger partial charge in [0.05, 0.1) is 12.2 Å². The van der Waals surface area contributed by atoms with E-state index in [1.165, 1.54) is 12.8 Å². The van der Waals surface area contributed by atoms with Crippen molar-refractivity contribution in [3.8, 4) is 0 Å². The number of para-hydroxylation sites is 1. The lowest BCUT2D eigenvalue weighted by Crippen LogP contribution is -2.48. The summed E-state index contributed by atoms with van der Waals surface area (Å²) in [5, 5.41) is 6.48. The molecule has 2 fully saturated rings. The number of anilines is 1. The summed E-state index contributed by atoms with van der Waals surface area (Å²) in [6.45, 7) is 3.69. The Morgan fingerprint density at radius 1 is 1.40 bits per heavy atom. The third-order valence-electron chi connectivity index (χ3n) is 4.29. The van der Waals surface area contributed by atoms with E-state index in [1.54, 1.807) is 0 Å². The Bertz CT molecular complexity index is 494. The van der Waals surface area contributed by atoms with Gasteiger partial charge in [0.25, 0.3) is 0 Å². The van der Waals surface area contributed by atoms with Crippen molar-refractivity contribution < 1.29 is 4.79 Å². The SMILES string of the molecule is O=C(CN1CCCC2CNCC21)Nc1ccccc1I. The molecule has 2 saturated heterocycles. The highest BCUT2D eigenvalue weighted by molar-refractivity contribution is 14.1. The Morgan fingerprint density at radius 3 is 3.10 bits per heavy atom. The van der Waals surface area contributed by atoms with E-state index in [0.29, 0.717) is 12.6 Å². The molecule has 2 unspecified atom stereocenters. The number of benzene rings is 1. The van der Waals surface area contributed by atoms with Gasteiger partial charge in [-0.05, 0) is 66.6 Å². The van der Waals surface area contributed by atoms with Crippen molar-refractivity contribution in [1.29, 1.82) is 0 Å². The third kappa shape index (κ3) is 3.15. The third-order valence-corrected chi connectivity index (χ3v) is 5.23. The van der Waals surface area contributed by atoms with E-state index >= 15 is 0 Å². The molecule has 2 aliphatic rings. The van der Waals surface area contributed by atoms with Crippen molar-refractivity contribution in [3.63, 3.8) is 0 Å². The molecule has 1 amide bonds. The van der Waals surface area contributed by atoms with Crippen LogP contribution in [-0.4, -0.2) is 43.0 Å². The van der Waals surface area contributed by atoms with Crippen LogP contribution < -0.4 is 10.6 Å². The zero-order valence-electron chi connectivity index (χ0n) is 11.4. The fourth-order valence-corrected chi connectivity index (χ4v) is 3.82. The van der Waals surface area contributed by atoms with Crippen LogP contribution in [0.15, 0.2) is 24.3 Å². The first kappa shape index (κ1) is 14.3. The normalized spacial score (nSPS) is 26.2. The Morgan fingerprint density at radius 2 is 2.25 bits per heavy atom. The summed E-state index contributed by atoms with van der Waals surface area (Å²) < 4.78 is 1.08. The number of carbonyl (C=O) groups is 1. The first-order valence-corrected chi connectivity index (χ1v) is 8.31. The second-order valence-electron chi connectivity index (χ2n) is 5.63. The Balaban J connectivity index is 1.60. The number of nitrogens with zero attached hydrogens (tertiary/aromatic N) is 1. The van der Waals surface area contributed by atoms with Crippen molar-refractivity contribution in [3.05, 3.63) is 27.8 Å². The molecule has 5 heteroatoms. The molecule has 20 heavy (non-hydrogen) atoms. The van der Waals surface area contributed by atoms with E-state index in [9.17, 15) is 4.79 Å². The minimum atomic E-state index is 0.0988. The van der Waals surface area contributed by atoms with E-state index in [0.717, 1.165) is 34.8 Å². The van der Waals surface area contributed by atoms with Gasteiger partial charge in [-0.1, -0.05) is 12.1 Å². The van der Waals surface area contributed by atoms with Crippen LogP contribution >= 0.6 is 22.6 Å². The van der Waals surface area contributed by atoms with Crippen LogP contribution in [0.5, 0.6) is 0 Å². The zero-order chi connectivity index (χ0) is 13.9. The van der Waals surface area contributed by atoms with Gasteiger partial charge in [-0.3, -0.25) is 9.69 Å². The average Bonchev–Trinajstić information content (AvgIpc) is 2.91. The highest BCUT2D eigenvalue weighted by Crippen LogP contribution is 2.26. The number of fused-ring (bicyclic) bond motifs is 1. The Hall–Kier alpha value is -0.660. The molecule has 2 N–H and O–H groups in total. The van der Waals surface area contributed by atoms with Crippen LogP contribution in [0.3, 0.4) is 0 Å². The van der Waals surface area contributed by atoms with E-state index in [4.69, 9.17) is 0 Å². The lowest BCUT2D eigenvalue weighted by molar-refractivity contribution is -0.118. The molecule has 0 aliphatic carbocycles. The minimum Gasteiger partial charge on any atom is -0.324 e. The average molecular weight is 385 g/mol. The number of hydrogen-bond acceptors (Lipinski definition) is 3. The molecular formula is C15H20IN3O. The van der Waals surface area contributed by atoms with Gasteiger partial charge in [-0.25, -0.2) is 0 Å². The van der Waals surface area contributed by atoms with Crippen LogP contribution in [0.25, 0.3) is 0 Å². The predicted octanol–water partition coefficient (Wildman–Crippen LogP) is 1.91. The van der Waals surface area contributed by atoms with Crippen molar-refractivity contribution in [2.75, 3.05) is 31.5 Å². The molecule has 2 atom stereocenters. The summed E-state index contributed by atoms with van der Waals surface area (Å²) in [5.41, 5.74) is 0.913. The number of halogens is 1. The molecular weight excluding hydrogens is 365 g/mol. The number of amides is 1. The van der Waals surface area contributed by atoms with Crippen molar-refractivity contribution in [2.45, 2.75) is 18.9 Å². The summed E-state index contributed by atoms with van der Waals surface area (Å²) >= 11 is 2.25. The second kappa shape index (κ2) is 6.41. The smallest absolute Gasteiger partial charge is 0.238 e. The molecule has 4 nitrogen and oxygen atoms in total. The number of likely N-dealkylation sites (tertiary alicyclic amines) is 1. The first-order valence-electron chi connectivity index (χ1n) is 7.23. The zero-order valence-corrected chi connectivity index (χ0v) is 13.6. The van der Waals surface area contributed by atoms with Gasteiger partial charge in [0.2, 0.25) is 5.91 Å². The highest BCUT2D eigenvalue weighted by Gasteiger charge is 2.35. The summed E-state index contributed by atoms with van der Waals surface area (Å²) in [5.74, 6) is 0.829. The maximum atomic E-state index is 12.2. The van der Waals surface area contributed by atoms with Crippen LogP contribution in [0.4, 0.5) is 5.69 Å². The maximum Gasteiger partial charge on any atom is 0.238 e. The molecule has 1 aromatic rings.